The van der Waals surface area contributed by atoms with Crippen LogP contribution in [0.2, 0.25) is 0 Å². The van der Waals surface area contributed by atoms with Gasteiger partial charge in [0.2, 0.25) is 17.7 Å². The summed E-state index contributed by atoms with van der Waals surface area (Å²) in [5, 5.41) is 0. The molecule has 6 heteroatoms. The van der Waals surface area contributed by atoms with E-state index in [0.717, 1.165) is 6.26 Å². The number of Topliss-reactive ketones (excluding diaryl/α,β-unsaturated/α-hetero) is 2. The minimum atomic E-state index is -3.97. The van der Waals surface area contributed by atoms with E-state index in [9.17, 15) is 18.0 Å². The Hall–Kier alpha value is -2.31. The highest BCUT2D eigenvalue weighted by Crippen LogP contribution is 2.14. The molecule has 0 aromatic heterocycles. The van der Waals surface area contributed by atoms with Gasteiger partial charge in [-0.05, 0) is 0 Å². The van der Waals surface area contributed by atoms with Crippen LogP contribution in [0.5, 0.6) is 0 Å². The third-order valence-corrected chi connectivity index (χ3v) is 3.41. The summed E-state index contributed by atoms with van der Waals surface area (Å²) >= 11 is 0. The average molecular weight is 318 g/mol. The van der Waals surface area contributed by atoms with Crippen molar-refractivity contribution in [3.05, 3.63) is 71.8 Å². The molecule has 0 spiro atoms. The van der Waals surface area contributed by atoms with Gasteiger partial charge < -0.3 is 0 Å². The first-order chi connectivity index (χ1) is 10.4. The summed E-state index contributed by atoms with van der Waals surface area (Å²) in [6.45, 7) is 0. The first-order valence-electron chi connectivity index (χ1n) is 6.45. The Bertz CT molecular complexity index is 715. The molecular weight excluding hydrogens is 304 g/mol. The molecule has 0 fully saturated rings. The molecule has 0 saturated carbocycles. The predicted molar refractivity (Wildman–Crippen MR) is 81.3 cm³/mol. The maximum atomic E-state index is 12.4. The zero-order valence-electron chi connectivity index (χ0n) is 11.8. The van der Waals surface area contributed by atoms with Gasteiger partial charge in [-0.15, -0.1) is 0 Å². The summed E-state index contributed by atoms with van der Waals surface area (Å²) in [6.07, 6.45) is -0.920. The molecule has 0 N–H and O–H groups in total. The standard InChI is InChI=1S/C16H14O5S/c1-22(19,20)21-16(14(17)12-8-4-2-5-9-12)15(18)13-10-6-3-7-11-13/h2-11,16H,1H3. The van der Waals surface area contributed by atoms with E-state index in [1.807, 2.05) is 0 Å². The molecule has 0 aliphatic rings. The topological polar surface area (TPSA) is 77.5 Å². The molecule has 0 heterocycles. The molecule has 0 aliphatic carbocycles. The van der Waals surface area contributed by atoms with Gasteiger partial charge in [-0.2, -0.15) is 8.42 Å². The lowest BCUT2D eigenvalue weighted by Crippen LogP contribution is -2.35. The van der Waals surface area contributed by atoms with Gasteiger partial charge in [-0.1, -0.05) is 60.7 Å². The minimum absolute atomic E-state index is 0.209. The monoisotopic (exact) mass is 318 g/mol. The van der Waals surface area contributed by atoms with Crippen LogP contribution < -0.4 is 0 Å². The van der Waals surface area contributed by atoms with Crippen molar-refractivity contribution in [2.45, 2.75) is 6.10 Å². The smallest absolute Gasteiger partial charge is 0.265 e. The highest BCUT2D eigenvalue weighted by Gasteiger charge is 2.32. The van der Waals surface area contributed by atoms with Crippen molar-refractivity contribution in [2.24, 2.45) is 0 Å². The number of benzene rings is 2. The maximum absolute atomic E-state index is 12.4. The molecule has 0 radical (unpaired) electrons. The first kappa shape index (κ1) is 16.1. The molecule has 0 aliphatic heterocycles. The van der Waals surface area contributed by atoms with Crippen LogP contribution in [-0.2, 0) is 14.3 Å². The SMILES string of the molecule is CS(=O)(=O)OC(C(=O)c1ccccc1)C(=O)c1ccccc1. The number of carbonyl (C=O) groups excluding carboxylic acids is 2. The number of carbonyl (C=O) groups is 2. The Labute approximate surface area is 128 Å². The second-order valence-corrected chi connectivity index (χ2v) is 6.24. The van der Waals surface area contributed by atoms with E-state index in [-0.39, 0.29) is 11.1 Å². The molecule has 0 amide bonds. The summed E-state index contributed by atoms with van der Waals surface area (Å²) in [7, 11) is -3.97. The highest BCUT2D eigenvalue weighted by molar-refractivity contribution is 7.86. The van der Waals surface area contributed by atoms with Crippen molar-refractivity contribution < 1.29 is 22.2 Å². The normalized spacial score (nSPS) is 11.4. The van der Waals surface area contributed by atoms with Gasteiger partial charge in [-0.3, -0.25) is 13.8 Å². The van der Waals surface area contributed by atoms with Gasteiger partial charge >= 0.3 is 0 Å². The fourth-order valence-corrected chi connectivity index (χ4v) is 2.41. The van der Waals surface area contributed by atoms with Crippen molar-refractivity contribution >= 4 is 21.7 Å². The number of rotatable bonds is 6. The second kappa shape index (κ2) is 6.64. The Morgan fingerprint density at radius 2 is 1.18 bits per heavy atom. The van der Waals surface area contributed by atoms with Crippen LogP contribution in [0, 0.1) is 0 Å². The Balaban J connectivity index is 2.39. The highest BCUT2D eigenvalue weighted by atomic mass is 32.2. The van der Waals surface area contributed by atoms with Crippen LogP contribution in [0.25, 0.3) is 0 Å². The minimum Gasteiger partial charge on any atom is -0.291 e. The van der Waals surface area contributed by atoms with Crippen LogP contribution >= 0.6 is 0 Å². The summed E-state index contributed by atoms with van der Waals surface area (Å²) < 4.78 is 27.5. The van der Waals surface area contributed by atoms with E-state index in [1.165, 1.54) is 24.3 Å². The van der Waals surface area contributed by atoms with Crippen molar-refractivity contribution in [1.29, 1.82) is 0 Å². The first-order valence-corrected chi connectivity index (χ1v) is 8.27. The van der Waals surface area contributed by atoms with Crippen LogP contribution in [0.1, 0.15) is 20.7 Å². The molecule has 0 saturated heterocycles. The largest absolute Gasteiger partial charge is 0.291 e. The van der Waals surface area contributed by atoms with E-state index in [4.69, 9.17) is 4.18 Å². The van der Waals surface area contributed by atoms with Gasteiger partial charge in [0.25, 0.3) is 10.1 Å². The molecule has 0 unspecified atom stereocenters. The van der Waals surface area contributed by atoms with E-state index in [0.29, 0.717) is 0 Å². The van der Waals surface area contributed by atoms with Gasteiger partial charge in [0, 0.05) is 11.1 Å². The second-order valence-electron chi connectivity index (χ2n) is 4.64. The quantitative estimate of drug-likeness (QED) is 0.463. The summed E-state index contributed by atoms with van der Waals surface area (Å²) in [4.78, 5) is 24.9. The Morgan fingerprint density at radius 3 is 1.50 bits per heavy atom. The number of ketones is 2. The average Bonchev–Trinajstić information content (AvgIpc) is 2.52. The van der Waals surface area contributed by atoms with Crippen LogP contribution in [0.4, 0.5) is 0 Å². The summed E-state index contributed by atoms with van der Waals surface area (Å²) in [5.74, 6) is -1.39. The molecule has 5 nitrogen and oxygen atoms in total. The van der Waals surface area contributed by atoms with Crippen molar-refractivity contribution in [3.63, 3.8) is 0 Å². The lowest BCUT2D eigenvalue weighted by molar-refractivity contribution is 0.0680. The summed E-state index contributed by atoms with van der Waals surface area (Å²) in [5.41, 5.74) is 0.417. The maximum Gasteiger partial charge on any atom is 0.265 e. The molecule has 2 aromatic carbocycles. The number of hydrogen-bond acceptors (Lipinski definition) is 5. The van der Waals surface area contributed by atoms with Crippen LogP contribution in [0.15, 0.2) is 60.7 Å². The van der Waals surface area contributed by atoms with E-state index in [1.54, 1.807) is 36.4 Å². The van der Waals surface area contributed by atoms with Crippen molar-refractivity contribution in [2.75, 3.05) is 6.26 Å². The Kier molecular flexibility index (Phi) is 4.85. The van der Waals surface area contributed by atoms with Crippen molar-refractivity contribution in [1.82, 2.24) is 0 Å². The van der Waals surface area contributed by atoms with Gasteiger partial charge in [-0.25, -0.2) is 0 Å². The molecule has 2 aromatic rings. The lowest BCUT2D eigenvalue weighted by atomic mass is 9.99. The molecule has 0 atom stereocenters. The van der Waals surface area contributed by atoms with Crippen LogP contribution in [0.3, 0.4) is 0 Å². The van der Waals surface area contributed by atoms with E-state index >= 15 is 0 Å². The molecule has 0 bridgehead atoms. The Morgan fingerprint density at radius 1 is 0.818 bits per heavy atom. The molecule has 2 rings (SSSR count). The predicted octanol–water partition coefficient (Wildman–Crippen LogP) is 2.10. The molecule has 114 valence electrons. The zero-order valence-corrected chi connectivity index (χ0v) is 12.6. The van der Waals surface area contributed by atoms with Gasteiger partial charge in [0.05, 0.1) is 6.26 Å². The molecular formula is C16H14O5S. The third-order valence-electron chi connectivity index (χ3n) is 2.86. The van der Waals surface area contributed by atoms with Gasteiger partial charge in [0.1, 0.15) is 0 Å². The van der Waals surface area contributed by atoms with E-state index < -0.39 is 27.8 Å². The summed E-state index contributed by atoms with van der Waals surface area (Å²) in [6, 6.07) is 15.9. The van der Waals surface area contributed by atoms with Gasteiger partial charge in [0.15, 0.2) is 0 Å². The van der Waals surface area contributed by atoms with Crippen LogP contribution in [-0.4, -0.2) is 32.3 Å². The van der Waals surface area contributed by atoms with Crippen molar-refractivity contribution in [3.8, 4) is 0 Å². The zero-order chi connectivity index (χ0) is 16.2. The number of hydrogen-bond donors (Lipinski definition) is 0. The molecule has 22 heavy (non-hydrogen) atoms. The lowest BCUT2D eigenvalue weighted by Gasteiger charge is -2.14. The van der Waals surface area contributed by atoms with E-state index in [2.05, 4.69) is 0 Å². The fraction of sp³-hybridized carbons (Fsp3) is 0.125. The fourth-order valence-electron chi connectivity index (χ4n) is 1.89. The third kappa shape index (κ3) is 4.09.